The third-order valence-corrected chi connectivity index (χ3v) is 3.94. The molecule has 1 aromatic heterocycles. The first-order valence-corrected chi connectivity index (χ1v) is 7.81. The lowest BCUT2D eigenvalue weighted by atomic mass is 10.0. The Kier molecular flexibility index (Phi) is 6.47. The van der Waals surface area contributed by atoms with Crippen molar-refractivity contribution in [1.29, 1.82) is 0 Å². The Labute approximate surface area is 124 Å². The molecule has 0 amide bonds. The second-order valence-electron chi connectivity index (χ2n) is 6.31. The molecule has 0 saturated heterocycles. The fourth-order valence-corrected chi connectivity index (χ4v) is 2.07. The first-order chi connectivity index (χ1) is 9.35. The van der Waals surface area contributed by atoms with Crippen LogP contribution in [0.1, 0.15) is 52.8 Å². The van der Waals surface area contributed by atoms with Gasteiger partial charge in [-0.15, -0.1) is 0 Å². The van der Waals surface area contributed by atoms with Crippen molar-refractivity contribution in [2.75, 3.05) is 11.9 Å². The number of hydrogen-bond acceptors (Lipinski definition) is 3. The minimum absolute atomic E-state index is 0.487. The lowest BCUT2D eigenvalue weighted by Gasteiger charge is -2.29. The van der Waals surface area contributed by atoms with Gasteiger partial charge in [0, 0.05) is 31.4 Å². The molecule has 3 heteroatoms. The van der Waals surface area contributed by atoms with Crippen LogP contribution in [-0.2, 0) is 13.0 Å². The van der Waals surface area contributed by atoms with Gasteiger partial charge in [0.2, 0.25) is 0 Å². The average molecular weight is 277 g/mol. The van der Waals surface area contributed by atoms with Crippen LogP contribution in [0.3, 0.4) is 0 Å². The zero-order chi connectivity index (χ0) is 15.3. The molecule has 1 rings (SSSR count). The number of anilines is 1. The summed E-state index contributed by atoms with van der Waals surface area (Å²) in [5.74, 6) is 1.70. The van der Waals surface area contributed by atoms with Crippen LogP contribution in [0.15, 0.2) is 12.1 Å². The highest BCUT2D eigenvalue weighted by Crippen LogP contribution is 2.20. The van der Waals surface area contributed by atoms with E-state index in [2.05, 4.69) is 70.9 Å². The highest BCUT2D eigenvalue weighted by atomic mass is 15.2. The molecule has 0 aliphatic rings. The molecule has 1 heterocycles. The lowest BCUT2D eigenvalue weighted by molar-refractivity contribution is 0.502. The predicted octanol–water partition coefficient (Wildman–Crippen LogP) is 3.62. The fourth-order valence-electron chi connectivity index (χ4n) is 2.07. The van der Waals surface area contributed by atoms with Gasteiger partial charge in [-0.25, -0.2) is 4.98 Å². The van der Waals surface area contributed by atoms with Gasteiger partial charge in [-0.1, -0.05) is 34.6 Å². The summed E-state index contributed by atoms with van der Waals surface area (Å²) in [4.78, 5) is 7.07. The number of nitrogens with one attached hydrogen (secondary N) is 1. The van der Waals surface area contributed by atoms with Crippen molar-refractivity contribution in [1.82, 2.24) is 10.3 Å². The monoisotopic (exact) mass is 277 g/mol. The molecule has 0 aromatic carbocycles. The minimum atomic E-state index is 0.487. The topological polar surface area (TPSA) is 28.2 Å². The Balaban J connectivity index is 2.97. The Bertz CT molecular complexity index is 413. The molecule has 0 aliphatic heterocycles. The molecular formula is C17H31N3. The van der Waals surface area contributed by atoms with E-state index in [1.807, 2.05) is 0 Å². The summed E-state index contributed by atoms with van der Waals surface area (Å²) in [5.41, 5.74) is 2.49. The maximum absolute atomic E-state index is 4.78. The summed E-state index contributed by atoms with van der Waals surface area (Å²) >= 11 is 0. The summed E-state index contributed by atoms with van der Waals surface area (Å²) in [5, 5.41) is 3.48. The lowest BCUT2D eigenvalue weighted by Crippen LogP contribution is -2.34. The number of pyridine rings is 1. The van der Waals surface area contributed by atoms with Crippen molar-refractivity contribution in [3.63, 3.8) is 0 Å². The quantitative estimate of drug-likeness (QED) is 0.825. The van der Waals surface area contributed by atoms with E-state index >= 15 is 0 Å². The Hall–Kier alpha value is -1.09. The zero-order valence-electron chi connectivity index (χ0n) is 14.2. The van der Waals surface area contributed by atoms with Crippen LogP contribution in [-0.4, -0.2) is 24.1 Å². The van der Waals surface area contributed by atoms with E-state index in [-0.39, 0.29) is 0 Å². The molecule has 0 fully saturated rings. The van der Waals surface area contributed by atoms with Gasteiger partial charge in [0.15, 0.2) is 0 Å². The first kappa shape index (κ1) is 17.0. The molecule has 0 spiro atoms. The summed E-state index contributed by atoms with van der Waals surface area (Å²) in [6.07, 6.45) is 0.979. The van der Waals surface area contributed by atoms with E-state index in [0.717, 1.165) is 18.8 Å². The molecule has 0 bridgehead atoms. The Morgan fingerprint density at radius 3 is 2.30 bits per heavy atom. The molecule has 20 heavy (non-hydrogen) atoms. The smallest absolute Gasteiger partial charge is 0.129 e. The van der Waals surface area contributed by atoms with E-state index in [1.54, 1.807) is 0 Å². The van der Waals surface area contributed by atoms with Gasteiger partial charge < -0.3 is 10.2 Å². The van der Waals surface area contributed by atoms with E-state index in [0.29, 0.717) is 18.0 Å². The highest BCUT2D eigenvalue weighted by Gasteiger charge is 2.15. The fraction of sp³-hybridized carbons (Fsp3) is 0.706. The van der Waals surface area contributed by atoms with Gasteiger partial charge in [0.05, 0.1) is 0 Å². The van der Waals surface area contributed by atoms with E-state index < -0.39 is 0 Å². The second-order valence-corrected chi connectivity index (χ2v) is 6.31. The number of aromatic nitrogens is 1. The van der Waals surface area contributed by atoms with Crippen LogP contribution in [0.2, 0.25) is 0 Å². The third-order valence-electron chi connectivity index (χ3n) is 3.94. The molecular weight excluding hydrogens is 246 g/mol. The van der Waals surface area contributed by atoms with E-state index in [9.17, 15) is 0 Å². The van der Waals surface area contributed by atoms with Crippen molar-refractivity contribution in [2.45, 2.75) is 66.6 Å². The first-order valence-electron chi connectivity index (χ1n) is 7.81. The molecule has 1 unspecified atom stereocenters. The van der Waals surface area contributed by atoms with Crippen molar-refractivity contribution in [3.8, 4) is 0 Å². The normalized spacial score (nSPS) is 13.1. The van der Waals surface area contributed by atoms with E-state index in [4.69, 9.17) is 4.98 Å². The molecule has 0 radical (unpaired) electrons. The summed E-state index contributed by atoms with van der Waals surface area (Å²) in [6.45, 7) is 14.2. The summed E-state index contributed by atoms with van der Waals surface area (Å²) in [7, 11) is 2.14. The summed E-state index contributed by atoms with van der Waals surface area (Å²) in [6, 6.07) is 5.42. The SMILES string of the molecule is CCc1cc(CNC(C)C)cc(N(C)C(C)C(C)C)n1. The minimum Gasteiger partial charge on any atom is -0.357 e. The van der Waals surface area contributed by atoms with Crippen LogP contribution in [0.5, 0.6) is 0 Å². The number of hydrogen-bond donors (Lipinski definition) is 1. The number of nitrogens with zero attached hydrogens (tertiary/aromatic N) is 2. The maximum atomic E-state index is 4.78. The predicted molar refractivity (Wildman–Crippen MR) is 88.3 cm³/mol. The van der Waals surface area contributed by atoms with Gasteiger partial charge >= 0.3 is 0 Å². The van der Waals surface area contributed by atoms with Crippen LogP contribution >= 0.6 is 0 Å². The molecule has 0 aliphatic carbocycles. The molecule has 3 nitrogen and oxygen atoms in total. The maximum Gasteiger partial charge on any atom is 0.129 e. The van der Waals surface area contributed by atoms with Crippen molar-refractivity contribution in [3.05, 3.63) is 23.4 Å². The van der Waals surface area contributed by atoms with Gasteiger partial charge in [-0.2, -0.15) is 0 Å². The highest BCUT2D eigenvalue weighted by molar-refractivity contribution is 5.43. The number of rotatable bonds is 7. The Morgan fingerprint density at radius 1 is 1.15 bits per heavy atom. The van der Waals surface area contributed by atoms with Gasteiger partial charge in [0.1, 0.15) is 5.82 Å². The molecule has 1 N–H and O–H groups in total. The van der Waals surface area contributed by atoms with Crippen molar-refractivity contribution < 1.29 is 0 Å². The van der Waals surface area contributed by atoms with Crippen LogP contribution < -0.4 is 10.2 Å². The third kappa shape index (κ3) is 4.78. The zero-order valence-corrected chi connectivity index (χ0v) is 14.2. The van der Waals surface area contributed by atoms with Crippen molar-refractivity contribution in [2.24, 2.45) is 5.92 Å². The van der Waals surface area contributed by atoms with Crippen LogP contribution in [0.25, 0.3) is 0 Å². The van der Waals surface area contributed by atoms with Crippen molar-refractivity contribution >= 4 is 5.82 Å². The second kappa shape index (κ2) is 7.63. The average Bonchev–Trinajstić information content (AvgIpc) is 2.42. The largest absolute Gasteiger partial charge is 0.357 e. The molecule has 114 valence electrons. The van der Waals surface area contributed by atoms with E-state index in [1.165, 1.54) is 11.3 Å². The van der Waals surface area contributed by atoms with Crippen LogP contribution in [0, 0.1) is 5.92 Å². The molecule has 0 saturated carbocycles. The standard InChI is InChI=1S/C17H31N3/c1-8-16-9-15(11-18-13(4)5)10-17(19-16)20(7)14(6)12(2)3/h9-10,12-14,18H,8,11H2,1-7H3. The number of aryl methyl sites for hydroxylation is 1. The van der Waals surface area contributed by atoms with Gasteiger partial charge in [-0.3, -0.25) is 0 Å². The van der Waals surface area contributed by atoms with Gasteiger partial charge in [-0.05, 0) is 37.0 Å². The molecule has 1 atom stereocenters. The van der Waals surface area contributed by atoms with Gasteiger partial charge in [0.25, 0.3) is 0 Å². The Morgan fingerprint density at radius 2 is 1.80 bits per heavy atom. The molecule has 1 aromatic rings. The summed E-state index contributed by atoms with van der Waals surface area (Å²) < 4.78 is 0. The van der Waals surface area contributed by atoms with Crippen LogP contribution in [0.4, 0.5) is 5.82 Å².